The number of nitrogens with zero attached hydrogens (tertiary/aromatic N) is 2. The van der Waals surface area contributed by atoms with Gasteiger partial charge >= 0.3 is 0 Å². The molecule has 0 bridgehead atoms. The Morgan fingerprint density at radius 2 is 1.84 bits per heavy atom. The molecule has 1 unspecified atom stereocenters. The number of amides is 3. The molecule has 2 aromatic heterocycles. The minimum Gasteiger partial charge on any atom is -0.366 e. The van der Waals surface area contributed by atoms with Crippen LogP contribution in [-0.4, -0.2) is 34.2 Å². The lowest BCUT2D eigenvalue weighted by Gasteiger charge is -2.17. The van der Waals surface area contributed by atoms with E-state index in [0.29, 0.717) is 23.5 Å². The molecule has 8 heteroatoms. The zero-order chi connectivity index (χ0) is 25.9. The van der Waals surface area contributed by atoms with E-state index in [9.17, 15) is 14.4 Å². The summed E-state index contributed by atoms with van der Waals surface area (Å²) in [5.74, 6) is -0.574. The van der Waals surface area contributed by atoms with Crippen LogP contribution in [0.2, 0.25) is 0 Å². The van der Waals surface area contributed by atoms with Gasteiger partial charge in [-0.25, -0.2) is 4.98 Å². The monoisotopic (exact) mass is 493 g/mol. The first-order chi connectivity index (χ1) is 17.9. The Labute approximate surface area is 214 Å². The number of pyridine rings is 1. The predicted octanol–water partition coefficient (Wildman–Crippen LogP) is 4.46. The number of nitrogens with two attached hydrogens (primary N) is 1. The van der Waals surface area contributed by atoms with Gasteiger partial charge in [0.05, 0.1) is 5.92 Å². The highest BCUT2D eigenvalue weighted by molar-refractivity contribution is 6.24. The molecule has 186 valence electrons. The van der Waals surface area contributed by atoms with Gasteiger partial charge < -0.3 is 20.9 Å². The fourth-order valence-corrected chi connectivity index (χ4v) is 4.53. The van der Waals surface area contributed by atoms with E-state index in [1.807, 2.05) is 67.6 Å². The number of fused-ring (bicyclic) bond motifs is 1. The van der Waals surface area contributed by atoms with E-state index >= 15 is 0 Å². The van der Waals surface area contributed by atoms with Crippen LogP contribution in [-0.2, 0) is 14.4 Å². The zero-order valence-electron chi connectivity index (χ0n) is 20.4. The molecule has 5 rings (SSSR count). The van der Waals surface area contributed by atoms with Crippen molar-refractivity contribution in [3.8, 4) is 0 Å². The van der Waals surface area contributed by atoms with Crippen LogP contribution < -0.4 is 16.0 Å². The molecule has 2 aromatic carbocycles. The molecule has 3 heterocycles. The largest absolute Gasteiger partial charge is 0.366 e. The summed E-state index contributed by atoms with van der Waals surface area (Å²) in [5.41, 5.74) is 9.81. The van der Waals surface area contributed by atoms with Gasteiger partial charge in [0.2, 0.25) is 17.7 Å². The standard InChI is InChI=1S/C29H27N5O3/c1-18(19-9-11-22(12-10-19)34-15-5-8-26(34)35)29(37)33-25-14-13-23-21(17-31-28(23)32-25)16-24(27(30)36)20-6-3-2-4-7-20/h2-4,6-7,9-14,16-18H,5,8,15H2,1H3,(H2,30,36)(H2,31,32,33,37). The van der Waals surface area contributed by atoms with Gasteiger partial charge in [-0.15, -0.1) is 0 Å². The van der Waals surface area contributed by atoms with Crippen LogP contribution in [0.4, 0.5) is 11.5 Å². The van der Waals surface area contributed by atoms with Crippen LogP contribution in [0.3, 0.4) is 0 Å². The second-order valence-corrected chi connectivity index (χ2v) is 9.08. The van der Waals surface area contributed by atoms with Crippen LogP contribution >= 0.6 is 0 Å². The Morgan fingerprint density at radius 1 is 1.08 bits per heavy atom. The topological polar surface area (TPSA) is 121 Å². The van der Waals surface area contributed by atoms with Gasteiger partial charge in [0.25, 0.3) is 0 Å². The molecule has 1 aliphatic heterocycles. The molecule has 4 N–H and O–H groups in total. The van der Waals surface area contributed by atoms with Crippen molar-refractivity contribution in [2.24, 2.45) is 5.73 Å². The average Bonchev–Trinajstić information content (AvgIpc) is 3.52. The molecule has 37 heavy (non-hydrogen) atoms. The molecular formula is C29H27N5O3. The zero-order valence-corrected chi connectivity index (χ0v) is 20.4. The van der Waals surface area contributed by atoms with Gasteiger partial charge in [0.1, 0.15) is 11.5 Å². The van der Waals surface area contributed by atoms with Gasteiger partial charge in [-0.2, -0.15) is 0 Å². The molecule has 1 atom stereocenters. The van der Waals surface area contributed by atoms with E-state index in [0.717, 1.165) is 40.7 Å². The van der Waals surface area contributed by atoms with E-state index in [-0.39, 0.29) is 11.8 Å². The van der Waals surface area contributed by atoms with Crippen LogP contribution in [0.15, 0.2) is 72.9 Å². The molecule has 0 spiro atoms. The van der Waals surface area contributed by atoms with Crippen molar-refractivity contribution in [2.45, 2.75) is 25.7 Å². The molecule has 3 amide bonds. The summed E-state index contributed by atoms with van der Waals surface area (Å²) in [6.45, 7) is 2.56. The minimum absolute atomic E-state index is 0.133. The highest BCUT2D eigenvalue weighted by Crippen LogP contribution is 2.27. The summed E-state index contributed by atoms with van der Waals surface area (Å²) >= 11 is 0. The first-order valence-corrected chi connectivity index (χ1v) is 12.2. The lowest BCUT2D eigenvalue weighted by atomic mass is 10.00. The van der Waals surface area contributed by atoms with Crippen LogP contribution in [0.25, 0.3) is 22.7 Å². The quantitative estimate of drug-likeness (QED) is 0.329. The van der Waals surface area contributed by atoms with Gasteiger partial charge in [0, 0.05) is 41.4 Å². The van der Waals surface area contributed by atoms with Gasteiger partial charge in [-0.05, 0) is 54.8 Å². The van der Waals surface area contributed by atoms with E-state index < -0.39 is 11.8 Å². The number of aromatic nitrogens is 2. The minimum atomic E-state index is -0.522. The number of carbonyl (C=O) groups excluding carboxylic acids is 3. The molecule has 1 saturated heterocycles. The maximum Gasteiger partial charge on any atom is 0.249 e. The molecule has 1 aliphatic rings. The van der Waals surface area contributed by atoms with Crippen molar-refractivity contribution in [1.29, 1.82) is 0 Å². The molecule has 0 radical (unpaired) electrons. The molecular weight excluding hydrogens is 466 g/mol. The summed E-state index contributed by atoms with van der Waals surface area (Å²) in [4.78, 5) is 46.4. The molecule has 1 fully saturated rings. The fourth-order valence-electron chi connectivity index (χ4n) is 4.53. The highest BCUT2D eigenvalue weighted by Gasteiger charge is 2.22. The first-order valence-electron chi connectivity index (χ1n) is 12.2. The molecule has 4 aromatic rings. The molecule has 8 nitrogen and oxygen atoms in total. The first kappa shape index (κ1) is 24.0. The summed E-state index contributed by atoms with van der Waals surface area (Å²) in [7, 11) is 0. The van der Waals surface area contributed by atoms with E-state index in [2.05, 4.69) is 15.3 Å². The Hall–Kier alpha value is -4.72. The van der Waals surface area contributed by atoms with Gasteiger partial charge in [0.15, 0.2) is 0 Å². The summed E-state index contributed by atoms with van der Waals surface area (Å²) < 4.78 is 0. The number of hydrogen-bond donors (Lipinski definition) is 3. The summed E-state index contributed by atoms with van der Waals surface area (Å²) in [6.07, 6.45) is 4.94. The van der Waals surface area contributed by atoms with Crippen LogP contribution in [0.5, 0.6) is 0 Å². The fraction of sp³-hybridized carbons (Fsp3) is 0.172. The maximum atomic E-state index is 12.9. The third kappa shape index (κ3) is 4.99. The number of carbonyl (C=O) groups is 3. The normalized spacial score (nSPS) is 14.7. The Balaban J connectivity index is 1.32. The van der Waals surface area contributed by atoms with Crippen molar-refractivity contribution in [2.75, 3.05) is 16.8 Å². The lowest BCUT2D eigenvalue weighted by molar-refractivity contribution is -0.118. The van der Waals surface area contributed by atoms with Crippen molar-refractivity contribution in [3.05, 3.63) is 89.6 Å². The number of H-pyrrole nitrogens is 1. The van der Waals surface area contributed by atoms with Crippen molar-refractivity contribution < 1.29 is 14.4 Å². The van der Waals surface area contributed by atoms with Crippen molar-refractivity contribution in [1.82, 2.24) is 9.97 Å². The van der Waals surface area contributed by atoms with E-state index in [1.54, 1.807) is 23.2 Å². The molecule has 0 saturated carbocycles. The Bertz CT molecular complexity index is 1510. The second-order valence-electron chi connectivity index (χ2n) is 9.08. The number of benzene rings is 2. The predicted molar refractivity (Wildman–Crippen MR) is 145 cm³/mol. The number of nitrogens with one attached hydrogen (secondary N) is 2. The lowest BCUT2D eigenvalue weighted by Crippen LogP contribution is -2.23. The second kappa shape index (κ2) is 10.1. The van der Waals surface area contributed by atoms with E-state index in [4.69, 9.17) is 5.73 Å². The van der Waals surface area contributed by atoms with Gasteiger partial charge in [-0.1, -0.05) is 42.5 Å². The van der Waals surface area contributed by atoms with Crippen molar-refractivity contribution in [3.63, 3.8) is 0 Å². The Kier molecular flexibility index (Phi) is 6.55. The third-order valence-electron chi connectivity index (χ3n) is 6.64. The van der Waals surface area contributed by atoms with Crippen LogP contribution in [0.1, 0.15) is 42.4 Å². The van der Waals surface area contributed by atoms with Gasteiger partial charge in [-0.3, -0.25) is 14.4 Å². The van der Waals surface area contributed by atoms with E-state index in [1.165, 1.54) is 0 Å². The average molecular weight is 494 g/mol. The number of hydrogen-bond acceptors (Lipinski definition) is 4. The third-order valence-corrected chi connectivity index (χ3v) is 6.64. The van der Waals surface area contributed by atoms with Crippen molar-refractivity contribution >= 4 is 51.9 Å². The summed E-state index contributed by atoms with van der Waals surface area (Å²) in [5, 5.41) is 3.68. The maximum absolute atomic E-state index is 12.9. The highest BCUT2D eigenvalue weighted by atomic mass is 16.2. The number of anilines is 2. The smallest absolute Gasteiger partial charge is 0.249 e. The SMILES string of the molecule is CC(C(=O)Nc1ccc2c(C=C(C(N)=O)c3ccccc3)c[nH]c2n1)c1ccc(N2CCCC2=O)cc1. The number of primary amides is 1. The number of rotatable bonds is 7. The number of aromatic amines is 1. The molecule has 0 aliphatic carbocycles. The summed E-state index contributed by atoms with van der Waals surface area (Å²) in [6, 6.07) is 20.3. The Morgan fingerprint density at radius 3 is 2.51 bits per heavy atom. The van der Waals surface area contributed by atoms with Crippen LogP contribution in [0, 0.1) is 0 Å².